The molecule has 1 fully saturated rings. The van der Waals surface area contributed by atoms with E-state index in [0.717, 1.165) is 25.0 Å². The van der Waals surface area contributed by atoms with Gasteiger partial charge in [-0.3, -0.25) is 0 Å². The highest BCUT2D eigenvalue weighted by molar-refractivity contribution is 4.89. The van der Waals surface area contributed by atoms with Gasteiger partial charge in [-0.2, -0.15) is 0 Å². The van der Waals surface area contributed by atoms with Crippen LogP contribution in [0.4, 0.5) is 0 Å². The second-order valence-electron chi connectivity index (χ2n) is 7.29. The van der Waals surface area contributed by atoms with Gasteiger partial charge >= 0.3 is 0 Å². The van der Waals surface area contributed by atoms with Crippen molar-refractivity contribution < 1.29 is 4.74 Å². The SMILES string of the molecule is CNC1CCC(C(C)(C)C)CC1CN(C)CCOC. The lowest BCUT2D eigenvalue weighted by Gasteiger charge is -2.43. The van der Waals surface area contributed by atoms with Crippen molar-refractivity contribution in [1.82, 2.24) is 10.2 Å². The van der Waals surface area contributed by atoms with Crippen molar-refractivity contribution in [1.29, 1.82) is 0 Å². The molecule has 0 amide bonds. The molecule has 19 heavy (non-hydrogen) atoms. The Bertz CT molecular complexity index is 250. The molecule has 3 unspecified atom stereocenters. The fourth-order valence-electron chi connectivity index (χ4n) is 3.37. The maximum Gasteiger partial charge on any atom is 0.0589 e. The van der Waals surface area contributed by atoms with Crippen molar-refractivity contribution in [2.45, 2.75) is 46.1 Å². The molecule has 0 bridgehead atoms. The van der Waals surface area contributed by atoms with Crippen molar-refractivity contribution >= 4 is 0 Å². The van der Waals surface area contributed by atoms with Crippen molar-refractivity contribution in [2.75, 3.05) is 40.9 Å². The number of hydrogen-bond acceptors (Lipinski definition) is 3. The van der Waals surface area contributed by atoms with Gasteiger partial charge in [0, 0.05) is 26.2 Å². The van der Waals surface area contributed by atoms with Crippen LogP contribution in [0, 0.1) is 17.3 Å². The van der Waals surface area contributed by atoms with Gasteiger partial charge < -0.3 is 15.0 Å². The molecule has 0 radical (unpaired) electrons. The molecule has 1 N–H and O–H groups in total. The van der Waals surface area contributed by atoms with Crippen LogP contribution in [0.1, 0.15) is 40.0 Å². The molecule has 1 aliphatic rings. The maximum absolute atomic E-state index is 5.17. The second kappa shape index (κ2) is 7.61. The summed E-state index contributed by atoms with van der Waals surface area (Å²) in [7, 11) is 6.11. The van der Waals surface area contributed by atoms with Crippen molar-refractivity contribution in [3.8, 4) is 0 Å². The molecule has 0 aromatic heterocycles. The van der Waals surface area contributed by atoms with Gasteiger partial charge in [-0.1, -0.05) is 20.8 Å². The van der Waals surface area contributed by atoms with E-state index in [0.29, 0.717) is 11.5 Å². The third-order valence-electron chi connectivity index (χ3n) is 4.80. The number of nitrogens with one attached hydrogen (secondary N) is 1. The summed E-state index contributed by atoms with van der Waals surface area (Å²) in [4.78, 5) is 2.42. The molecule has 3 atom stereocenters. The Balaban J connectivity index is 2.55. The van der Waals surface area contributed by atoms with Gasteiger partial charge in [0.05, 0.1) is 6.61 Å². The fourth-order valence-corrected chi connectivity index (χ4v) is 3.37. The zero-order valence-corrected chi connectivity index (χ0v) is 13.8. The molecule has 0 aromatic carbocycles. The van der Waals surface area contributed by atoms with E-state index in [-0.39, 0.29) is 0 Å². The van der Waals surface area contributed by atoms with E-state index in [1.165, 1.54) is 25.8 Å². The largest absolute Gasteiger partial charge is 0.383 e. The molecule has 114 valence electrons. The van der Waals surface area contributed by atoms with Gasteiger partial charge in [-0.15, -0.1) is 0 Å². The van der Waals surface area contributed by atoms with E-state index in [2.05, 4.69) is 45.1 Å². The van der Waals surface area contributed by atoms with Crippen LogP contribution in [0.15, 0.2) is 0 Å². The molecule has 0 heterocycles. The minimum Gasteiger partial charge on any atom is -0.383 e. The van der Waals surface area contributed by atoms with Gasteiger partial charge in [-0.25, -0.2) is 0 Å². The first kappa shape index (κ1) is 16.9. The standard InChI is InChI=1S/C16H34N2O/c1-16(2,3)14-7-8-15(17-4)13(11-14)12-18(5)9-10-19-6/h13-15,17H,7-12H2,1-6H3. The van der Waals surface area contributed by atoms with Crippen LogP contribution in [0.5, 0.6) is 0 Å². The van der Waals surface area contributed by atoms with Gasteiger partial charge in [0.2, 0.25) is 0 Å². The van der Waals surface area contributed by atoms with Crippen LogP contribution in [-0.4, -0.2) is 51.8 Å². The first-order valence-corrected chi connectivity index (χ1v) is 7.73. The molecule has 3 heteroatoms. The van der Waals surface area contributed by atoms with Crippen LogP contribution in [0.3, 0.4) is 0 Å². The molecule has 0 spiro atoms. The second-order valence-corrected chi connectivity index (χ2v) is 7.29. The van der Waals surface area contributed by atoms with Crippen LogP contribution < -0.4 is 5.32 Å². The smallest absolute Gasteiger partial charge is 0.0589 e. The van der Waals surface area contributed by atoms with Gasteiger partial charge in [0.25, 0.3) is 0 Å². The maximum atomic E-state index is 5.17. The number of likely N-dealkylation sites (N-methyl/N-ethyl adjacent to an activating group) is 1. The molecule has 0 aliphatic heterocycles. The molecule has 3 nitrogen and oxygen atoms in total. The highest BCUT2D eigenvalue weighted by atomic mass is 16.5. The quantitative estimate of drug-likeness (QED) is 0.803. The van der Waals surface area contributed by atoms with E-state index in [1.54, 1.807) is 7.11 Å². The Morgan fingerprint density at radius 3 is 2.47 bits per heavy atom. The summed E-state index contributed by atoms with van der Waals surface area (Å²) in [5.41, 5.74) is 0.446. The average molecular weight is 270 g/mol. The Morgan fingerprint density at radius 1 is 1.26 bits per heavy atom. The Kier molecular flexibility index (Phi) is 6.78. The van der Waals surface area contributed by atoms with E-state index >= 15 is 0 Å². The third kappa shape index (κ3) is 5.41. The van der Waals surface area contributed by atoms with E-state index < -0.39 is 0 Å². The van der Waals surface area contributed by atoms with Crippen molar-refractivity contribution in [2.24, 2.45) is 17.3 Å². The highest BCUT2D eigenvalue weighted by Crippen LogP contribution is 2.40. The van der Waals surface area contributed by atoms with Crippen LogP contribution in [-0.2, 0) is 4.74 Å². The van der Waals surface area contributed by atoms with E-state index in [4.69, 9.17) is 4.74 Å². The van der Waals surface area contributed by atoms with Gasteiger partial charge in [0.1, 0.15) is 0 Å². The lowest BCUT2D eigenvalue weighted by molar-refractivity contribution is 0.0865. The highest BCUT2D eigenvalue weighted by Gasteiger charge is 2.35. The summed E-state index contributed by atoms with van der Waals surface area (Å²) in [6, 6.07) is 0.684. The number of methoxy groups -OCH3 is 1. The summed E-state index contributed by atoms with van der Waals surface area (Å²) in [5.74, 6) is 1.63. The average Bonchev–Trinajstić information content (AvgIpc) is 2.35. The molecule has 0 saturated heterocycles. The number of nitrogens with zero attached hydrogens (tertiary/aromatic N) is 1. The minimum atomic E-state index is 0.446. The first-order valence-electron chi connectivity index (χ1n) is 7.73. The summed E-state index contributed by atoms with van der Waals surface area (Å²) in [6.07, 6.45) is 4.04. The first-order chi connectivity index (χ1) is 8.88. The number of hydrogen-bond donors (Lipinski definition) is 1. The van der Waals surface area contributed by atoms with Crippen LogP contribution in [0.25, 0.3) is 0 Å². The molecule has 1 rings (SSSR count). The minimum absolute atomic E-state index is 0.446. The lowest BCUT2D eigenvalue weighted by atomic mass is 9.67. The zero-order valence-electron chi connectivity index (χ0n) is 13.8. The zero-order chi connectivity index (χ0) is 14.5. The Hall–Kier alpha value is -0.120. The van der Waals surface area contributed by atoms with Crippen LogP contribution >= 0.6 is 0 Å². The normalized spacial score (nSPS) is 28.9. The Labute approximate surface area is 120 Å². The van der Waals surface area contributed by atoms with Gasteiger partial charge in [0.15, 0.2) is 0 Å². The lowest BCUT2D eigenvalue weighted by Crippen LogP contribution is -2.46. The van der Waals surface area contributed by atoms with Gasteiger partial charge in [-0.05, 0) is 50.6 Å². The number of ether oxygens (including phenoxy) is 1. The Morgan fingerprint density at radius 2 is 1.95 bits per heavy atom. The summed E-state index contributed by atoms with van der Waals surface area (Å²) in [6.45, 7) is 10.2. The predicted molar refractivity (Wildman–Crippen MR) is 82.5 cm³/mol. The van der Waals surface area contributed by atoms with Crippen molar-refractivity contribution in [3.05, 3.63) is 0 Å². The molecular formula is C16H34N2O. The molecular weight excluding hydrogens is 236 g/mol. The summed E-state index contributed by atoms with van der Waals surface area (Å²) < 4.78 is 5.17. The summed E-state index contributed by atoms with van der Waals surface area (Å²) >= 11 is 0. The molecule has 1 aliphatic carbocycles. The predicted octanol–water partition coefficient (Wildman–Crippen LogP) is 2.62. The molecule has 0 aromatic rings. The van der Waals surface area contributed by atoms with E-state index in [1.807, 2.05) is 0 Å². The topological polar surface area (TPSA) is 24.5 Å². The molecule has 1 saturated carbocycles. The summed E-state index contributed by atoms with van der Waals surface area (Å²) in [5, 5.41) is 3.53. The third-order valence-corrected chi connectivity index (χ3v) is 4.80. The monoisotopic (exact) mass is 270 g/mol. The number of rotatable bonds is 6. The van der Waals surface area contributed by atoms with Crippen molar-refractivity contribution in [3.63, 3.8) is 0 Å². The fraction of sp³-hybridized carbons (Fsp3) is 1.00. The van der Waals surface area contributed by atoms with E-state index in [9.17, 15) is 0 Å². The van der Waals surface area contributed by atoms with Crippen LogP contribution in [0.2, 0.25) is 0 Å².